The van der Waals surface area contributed by atoms with Gasteiger partial charge < -0.3 is 15.7 Å². The molecule has 7 nitrogen and oxygen atoms in total. The molecule has 2 aromatic rings. The van der Waals surface area contributed by atoms with Gasteiger partial charge in [-0.05, 0) is 31.5 Å². The Kier molecular flexibility index (Phi) is 4.42. The summed E-state index contributed by atoms with van der Waals surface area (Å²) < 4.78 is 1.76. The number of carbonyl (C=O) groups is 2. The number of aliphatic carboxylic acids is 1. The molecule has 0 fully saturated rings. The van der Waals surface area contributed by atoms with Crippen LogP contribution in [-0.4, -0.2) is 33.4 Å². The number of urea groups is 1. The largest absolute Gasteiger partial charge is 0.481 e. The third-order valence-electron chi connectivity index (χ3n) is 3.15. The third-order valence-corrected chi connectivity index (χ3v) is 3.15. The second-order valence-corrected chi connectivity index (χ2v) is 4.82. The summed E-state index contributed by atoms with van der Waals surface area (Å²) in [6, 6.07) is 5.23. The normalized spacial score (nSPS) is 10.6. The summed E-state index contributed by atoms with van der Waals surface area (Å²) in [5, 5.41) is 19.2. The van der Waals surface area contributed by atoms with Gasteiger partial charge in [0.25, 0.3) is 0 Å². The van der Waals surface area contributed by atoms with E-state index in [0.29, 0.717) is 18.7 Å². The summed E-state index contributed by atoms with van der Waals surface area (Å²) in [4.78, 5) is 22.0. The molecule has 0 aliphatic carbocycles. The van der Waals surface area contributed by atoms with E-state index in [-0.39, 0.29) is 12.5 Å². The highest BCUT2D eigenvalue weighted by molar-refractivity contribution is 5.93. The number of carboxylic acids is 1. The van der Waals surface area contributed by atoms with E-state index in [9.17, 15) is 9.59 Å². The number of nitrogens with one attached hydrogen (secondary N) is 2. The van der Waals surface area contributed by atoms with E-state index in [4.69, 9.17) is 5.11 Å². The van der Waals surface area contributed by atoms with Crippen LogP contribution in [0.25, 0.3) is 10.9 Å². The van der Waals surface area contributed by atoms with Crippen LogP contribution in [0.2, 0.25) is 0 Å². The molecule has 0 saturated heterocycles. The standard InChI is InChI=1S/C14H18N4O3/c1-9-11-6-5-10(8-12(11)18(2)17-9)16-14(21)15-7-3-4-13(19)20/h5-6,8H,3-4,7H2,1-2H3,(H,19,20)(H2,15,16,21). The second kappa shape index (κ2) is 6.25. The van der Waals surface area contributed by atoms with Crippen molar-refractivity contribution in [3.63, 3.8) is 0 Å². The van der Waals surface area contributed by atoms with Crippen LogP contribution < -0.4 is 10.6 Å². The predicted octanol–water partition coefficient (Wildman–Crippen LogP) is 1.87. The minimum Gasteiger partial charge on any atom is -0.481 e. The Balaban J connectivity index is 1.95. The topological polar surface area (TPSA) is 96.3 Å². The van der Waals surface area contributed by atoms with Gasteiger partial charge in [-0.2, -0.15) is 5.10 Å². The number of carboxylic acid groups (broad SMARTS) is 1. The Morgan fingerprint density at radius 2 is 2.14 bits per heavy atom. The molecule has 0 bridgehead atoms. The lowest BCUT2D eigenvalue weighted by molar-refractivity contribution is -0.137. The van der Waals surface area contributed by atoms with Crippen molar-refractivity contribution in [2.24, 2.45) is 7.05 Å². The van der Waals surface area contributed by atoms with Crippen molar-refractivity contribution in [3.8, 4) is 0 Å². The van der Waals surface area contributed by atoms with E-state index in [0.717, 1.165) is 16.6 Å². The summed E-state index contributed by atoms with van der Waals surface area (Å²) in [5.41, 5.74) is 2.55. The van der Waals surface area contributed by atoms with Gasteiger partial charge in [-0.25, -0.2) is 4.79 Å². The van der Waals surface area contributed by atoms with Gasteiger partial charge in [0.2, 0.25) is 0 Å². The Morgan fingerprint density at radius 3 is 2.86 bits per heavy atom. The fourth-order valence-corrected chi connectivity index (χ4v) is 2.13. The maximum Gasteiger partial charge on any atom is 0.319 e. The summed E-state index contributed by atoms with van der Waals surface area (Å²) in [6.07, 6.45) is 0.448. The average Bonchev–Trinajstić information content (AvgIpc) is 2.70. The van der Waals surface area contributed by atoms with Crippen molar-refractivity contribution in [1.29, 1.82) is 0 Å². The average molecular weight is 290 g/mol. The lowest BCUT2D eigenvalue weighted by atomic mass is 10.2. The number of hydrogen-bond donors (Lipinski definition) is 3. The molecule has 2 amide bonds. The minimum atomic E-state index is -0.866. The zero-order chi connectivity index (χ0) is 15.4. The number of amides is 2. The molecule has 3 N–H and O–H groups in total. The molecule has 0 radical (unpaired) electrons. The fourth-order valence-electron chi connectivity index (χ4n) is 2.13. The van der Waals surface area contributed by atoms with Crippen LogP contribution in [-0.2, 0) is 11.8 Å². The Bertz CT molecular complexity index is 678. The molecular formula is C14H18N4O3. The highest BCUT2D eigenvalue weighted by atomic mass is 16.4. The lowest BCUT2D eigenvalue weighted by Gasteiger charge is -2.07. The summed E-state index contributed by atoms with van der Waals surface area (Å²) in [7, 11) is 1.85. The first kappa shape index (κ1) is 14.8. The van der Waals surface area contributed by atoms with Crippen molar-refractivity contribution in [2.45, 2.75) is 19.8 Å². The minimum absolute atomic E-state index is 0.0422. The Hall–Kier alpha value is -2.57. The van der Waals surface area contributed by atoms with Crippen molar-refractivity contribution in [2.75, 3.05) is 11.9 Å². The fraction of sp³-hybridized carbons (Fsp3) is 0.357. The van der Waals surface area contributed by atoms with Crippen LogP contribution in [0.1, 0.15) is 18.5 Å². The van der Waals surface area contributed by atoms with Crippen LogP contribution in [0, 0.1) is 6.92 Å². The van der Waals surface area contributed by atoms with Crippen molar-refractivity contribution < 1.29 is 14.7 Å². The molecule has 0 spiro atoms. The predicted molar refractivity (Wildman–Crippen MR) is 79.3 cm³/mol. The molecule has 0 saturated carbocycles. The molecule has 2 rings (SSSR count). The van der Waals surface area contributed by atoms with Crippen LogP contribution in [0.4, 0.5) is 10.5 Å². The van der Waals surface area contributed by atoms with Crippen molar-refractivity contribution in [3.05, 3.63) is 23.9 Å². The maximum absolute atomic E-state index is 11.7. The van der Waals surface area contributed by atoms with Gasteiger partial charge in [-0.1, -0.05) is 0 Å². The zero-order valence-corrected chi connectivity index (χ0v) is 12.0. The molecule has 112 valence electrons. The van der Waals surface area contributed by atoms with E-state index in [1.165, 1.54) is 0 Å². The van der Waals surface area contributed by atoms with E-state index in [2.05, 4.69) is 15.7 Å². The van der Waals surface area contributed by atoms with Gasteiger partial charge in [0, 0.05) is 31.1 Å². The Morgan fingerprint density at radius 1 is 1.38 bits per heavy atom. The van der Waals surface area contributed by atoms with Gasteiger partial charge in [0.05, 0.1) is 11.2 Å². The SMILES string of the molecule is Cc1nn(C)c2cc(NC(=O)NCCCC(=O)O)ccc12. The maximum atomic E-state index is 11.7. The third kappa shape index (κ3) is 3.71. The van der Waals surface area contributed by atoms with Gasteiger partial charge in [-0.3, -0.25) is 9.48 Å². The number of rotatable bonds is 5. The molecule has 1 heterocycles. The van der Waals surface area contributed by atoms with Crippen LogP contribution in [0.5, 0.6) is 0 Å². The van der Waals surface area contributed by atoms with Crippen LogP contribution in [0.3, 0.4) is 0 Å². The summed E-state index contributed by atoms with van der Waals surface area (Å²) >= 11 is 0. The quantitative estimate of drug-likeness (QED) is 0.732. The van der Waals surface area contributed by atoms with Crippen molar-refractivity contribution >= 4 is 28.6 Å². The molecule has 0 aliphatic rings. The molecule has 0 atom stereocenters. The van der Waals surface area contributed by atoms with E-state index >= 15 is 0 Å². The lowest BCUT2D eigenvalue weighted by Crippen LogP contribution is -2.29. The summed E-state index contributed by atoms with van der Waals surface area (Å²) in [5.74, 6) is -0.866. The smallest absolute Gasteiger partial charge is 0.319 e. The van der Waals surface area contributed by atoms with E-state index < -0.39 is 5.97 Å². The molecular weight excluding hydrogens is 272 g/mol. The molecule has 1 aromatic carbocycles. The van der Waals surface area contributed by atoms with Gasteiger partial charge in [0.15, 0.2) is 0 Å². The number of aromatic nitrogens is 2. The highest BCUT2D eigenvalue weighted by Gasteiger charge is 2.07. The van der Waals surface area contributed by atoms with Gasteiger partial charge in [0.1, 0.15) is 0 Å². The van der Waals surface area contributed by atoms with E-state index in [1.807, 2.05) is 32.2 Å². The monoisotopic (exact) mass is 290 g/mol. The Labute approximate surface area is 121 Å². The summed E-state index contributed by atoms with van der Waals surface area (Å²) in [6.45, 7) is 2.26. The second-order valence-electron chi connectivity index (χ2n) is 4.82. The number of fused-ring (bicyclic) bond motifs is 1. The number of benzene rings is 1. The van der Waals surface area contributed by atoms with Crippen molar-refractivity contribution in [1.82, 2.24) is 15.1 Å². The number of aryl methyl sites for hydroxylation is 2. The first-order chi connectivity index (χ1) is 9.97. The van der Waals surface area contributed by atoms with Crippen LogP contribution in [0.15, 0.2) is 18.2 Å². The van der Waals surface area contributed by atoms with E-state index in [1.54, 1.807) is 4.68 Å². The number of anilines is 1. The molecule has 7 heteroatoms. The molecule has 21 heavy (non-hydrogen) atoms. The molecule has 1 aromatic heterocycles. The number of nitrogens with zero attached hydrogens (tertiary/aromatic N) is 2. The first-order valence-corrected chi connectivity index (χ1v) is 6.67. The zero-order valence-electron chi connectivity index (χ0n) is 12.0. The molecule has 0 aliphatic heterocycles. The number of carbonyl (C=O) groups excluding carboxylic acids is 1. The first-order valence-electron chi connectivity index (χ1n) is 6.67. The number of hydrogen-bond acceptors (Lipinski definition) is 3. The van der Waals surface area contributed by atoms with Gasteiger partial charge in [-0.15, -0.1) is 0 Å². The van der Waals surface area contributed by atoms with Crippen LogP contribution >= 0.6 is 0 Å². The molecule has 0 unspecified atom stereocenters. The highest BCUT2D eigenvalue weighted by Crippen LogP contribution is 2.21. The van der Waals surface area contributed by atoms with Gasteiger partial charge >= 0.3 is 12.0 Å².